The van der Waals surface area contributed by atoms with Crippen LogP contribution in [0, 0.1) is 34.0 Å². The topological polar surface area (TPSA) is 83.4 Å². The van der Waals surface area contributed by atoms with Crippen LogP contribution in [0.25, 0.3) is 0 Å². The molecule has 0 aliphatic heterocycles. The minimum absolute atomic E-state index is 0.180. The Balaban J connectivity index is 3.26. The van der Waals surface area contributed by atoms with Crippen LogP contribution in [-0.2, 0) is 0 Å². The van der Waals surface area contributed by atoms with Gasteiger partial charge in [-0.15, -0.1) is 0 Å². The molecule has 88 valence electrons. The van der Waals surface area contributed by atoms with Crippen LogP contribution >= 0.6 is 39.1 Å². The molecule has 4 nitrogen and oxygen atoms in total. The second-order valence-electron chi connectivity index (χ2n) is 2.96. The molecule has 0 heterocycles. The van der Waals surface area contributed by atoms with Gasteiger partial charge in [-0.05, 0) is 28.1 Å². The molecule has 0 atom stereocenters. The average molecular weight is 342 g/mol. The van der Waals surface area contributed by atoms with Crippen molar-refractivity contribution >= 4 is 44.8 Å². The summed E-state index contributed by atoms with van der Waals surface area (Å²) in [4.78, 5) is 0. The normalized spacial score (nSPS) is 8.67. The second kappa shape index (κ2) is 6.28. The summed E-state index contributed by atoms with van der Waals surface area (Å²) in [6.07, 6.45) is 0. The smallest absolute Gasteiger partial charge is 0.163 e. The Morgan fingerprint density at radius 1 is 1.06 bits per heavy atom. The van der Waals surface area contributed by atoms with Crippen molar-refractivity contribution in [1.29, 1.82) is 15.8 Å². The van der Waals surface area contributed by atoms with Crippen LogP contribution in [0.15, 0.2) is 27.9 Å². The molecule has 1 aromatic rings. The summed E-state index contributed by atoms with van der Waals surface area (Å²) in [6, 6.07) is 7.98. The molecule has 0 aliphatic carbocycles. The third-order valence-corrected chi connectivity index (χ3v) is 3.36. The van der Waals surface area contributed by atoms with Crippen molar-refractivity contribution in [1.82, 2.24) is 0 Å². The van der Waals surface area contributed by atoms with Gasteiger partial charge in [-0.3, -0.25) is 0 Å². The predicted molar refractivity (Wildman–Crippen MR) is 71.6 cm³/mol. The number of hydrogen-bond donors (Lipinski definition) is 1. The first-order valence-corrected chi connectivity index (χ1v) is 5.94. The first-order chi connectivity index (χ1) is 8.53. The Morgan fingerprint density at radius 3 is 2.17 bits per heavy atom. The van der Waals surface area contributed by atoms with Gasteiger partial charge in [0.05, 0.1) is 15.7 Å². The van der Waals surface area contributed by atoms with Gasteiger partial charge in [0.2, 0.25) is 0 Å². The van der Waals surface area contributed by atoms with E-state index in [1.165, 1.54) is 6.07 Å². The highest BCUT2D eigenvalue weighted by molar-refractivity contribution is 9.10. The zero-order valence-corrected chi connectivity index (χ0v) is 11.7. The molecule has 0 radical (unpaired) electrons. The number of rotatable bonds is 2. The molecule has 0 saturated heterocycles. The van der Waals surface area contributed by atoms with Gasteiger partial charge in [0.15, 0.2) is 5.57 Å². The maximum absolute atomic E-state index is 8.88. The van der Waals surface area contributed by atoms with E-state index in [2.05, 4.69) is 21.2 Å². The van der Waals surface area contributed by atoms with E-state index in [9.17, 15) is 0 Å². The largest absolute Gasteiger partial charge is 0.344 e. The second-order valence-corrected chi connectivity index (χ2v) is 4.63. The molecule has 0 fully saturated rings. The minimum Gasteiger partial charge on any atom is -0.344 e. The summed E-state index contributed by atoms with van der Waals surface area (Å²) >= 11 is 15.0. The SMILES string of the molecule is N#CC(C#N)=C(C#N)Nc1cc(Cl)c(Br)cc1Cl. The van der Waals surface area contributed by atoms with Gasteiger partial charge in [0.25, 0.3) is 0 Å². The number of hydrogen-bond acceptors (Lipinski definition) is 4. The number of nitrogens with one attached hydrogen (secondary N) is 1. The summed E-state index contributed by atoms with van der Waals surface area (Å²) in [5.41, 5.74) is -0.169. The fourth-order valence-electron chi connectivity index (χ4n) is 1.04. The van der Waals surface area contributed by atoms with Crippen molar-refractivity contribution in [2.75, 3.05) is 5.32 Å². The van der Waals surface area contributed by atoms with Gasteiger partial charge in [0, 0.05) is 4.47 Å². The number of benzene rings is 1. The Bertz CT molecular complexity index is 631. The van der Waals surface area contributed by atoms with E-state index in [1.807, 2.05) is 0 Å². The van der Waals surface area contributed by atoms with Crippen molar-refractivity contribution in [2.24, 2.45) is 0 Å². The molecule has 7 heteroatoms. The van der Waals surface area contributed by atoms with Gasteiger partial charge in [-0.25, -0.2) is 0 Å². The molecule has 0 bridgehead atoms. The fourth-order valence-corrected chi connectivity index (χ4v) is 1.89. The van der Waals surface area contributed by atoms with Crippen molar-refractivity contribution in [3.8, 4) is 18.2 Å². The number of halogens is 3. The number of nitrogens with zero attached hydrogens (tertiary/aromatic N) is 3. The zero-order valence-electron chi connectivity index (χ0n) is 8.63. The summed E-state index contributed by atoms with van der Waals surface area (Å²) < 4.78 is 0.600. The molecule has 0 spiro atoms. The Labute approximate surface area is 122 Å². The van der Waals surface area contributed by atoms with Crippen LogP contribution < -0.4 is 5.32 Å². The van der Waals surface area contributed by atoms with E-state index in [-0.39, 0.29) is 11.3 Å². The highest BCUT2D eigenvalue weighted by Gasteiger charge is 2.10. The van der Waals surface area contributed by atoms with Gasteiger partial charge in [-0.2, -0.15) is 15.8 Å². The van der Waals surface area contributed by atoms with Crippen LogP contribution in [0.4, 0.5) is 5.69 Å². The third-order valence-electron chi connectivity index (χ3n) is 1.86. The summed E-state index contributed by atoms with van der Waals surface area (Å²) in [5, 5.41) is 29.5. The van der Waals surface area contributed by atoms with Gasteiger partial charge < -0.3 is 5.32 Å². The lowest BCUT2D eigenvalue weighted by atomic mass is 10.2. The first-order valence-electron chi connectivity index (χ1n) is 4.39. The minimum atomic E-state index is -0.326. The molecule has 18 heavy (non-hydrogen) atoms. The molecular formula is C11H3BrCl2N4. The van der Waals surface area contributed by atoms with E-state index >= 15 is 0 Å². The molecule has 0 aliphatic rings. The van der Waals surface area contributed by atoms with E-state index in [4.69, 9.17) is 39.0 Å². The van der Waals surface area contributed by atoms with E-state index in [0.717, 1.165) is 0 Å². The molecule has 1 aromatic carbocycles. The third kappa shape index (κ3) is 3.15. The number of anilines is 1. The lowest BCUT2D eigenvalue weighted by Gasteiger charge is -2.08. The van der Waals surface area contributed by atoms with Gasteiger partial charge in [0.1, 0.15) is 23.9 Å². The molecule has 0 amide bonds. The van der Waals surface area contributed by atoms with Crippen molar-refractivity contribution in [3.63, 3.8) is 0 Å². The molecular weight excluding hydrogens is 339 g/mol. The van der Waals surface area contributed by atoms with Crippen LogP contribution in [0.2, 0.25) is 10.0 Å². The van der Waals surface area contributed by atoms with Crippen molar-refractivity contribution < 1.29 is 0 Å². The van der Waals surface area contributed by atoms with Gasteiger partial charge in [-0.1, -0.05) is 23.2 Å². The summed E-state index contributed by atoms with van der Waals surface area (Å²) in [6.45, 7) is 0. The van der Waals surface area contributed by atoms with Crippen LogP contribution in [0.1, 0.15) is 0 Å². The maximum atomic E-state index is 8.88. The molecule has 1 N–H and O–H groups in total. The monoisotopic (exact) mass is 340 g/mol. The quantitative estimate of drug-likeness (QED) is 0.651. The van der Waals surface area contributed by atoms with Crippen molar-refractivity contribution in [2.45, 2.75) is 0 Å². The fraction of sp³-hybridized carbons (Fsp3) is 0. The highest BCUT2D eigenvalue weighted by atomic mass is 79.9. The number of nitriles is 3. The number of allylic oxidation sites excluding steroid dienone is 2. The van der Waals surface area contributed by atoms with E-state index in [0.29, 0.717) is 20.2 Å². The lowest BCUT2D eigenvalue weighted by molar-refractivity contribution is 1.37. The van der Waals surface area contributed by atoms with Crippen molar-refractivity contribution in [3.05, 3.63) is 37.9 Å². The molecule has 0 unspecified atom stereocenters. The summed E-state index contributed by atoms with van der Waals surface area (Å²) in [5.74, 6) is 0. The standard InChI is InChI=1S/C11H3BrCl2N4/c12-7-1-9(14)10(2-8(7)13)18-11(5-17)6(3-15)4-16/h1-2,18H. The van der Waals surface area contributed by atoms with Crippen LogP contribution in [-0.4, -0.2) is 0 Å². The average Bonchev–Trinajstić information content (AvgIpc) is 2.35. The predicted octanol–water partition coefficient (Wildman–Crippen LogP) is 3.99. The molecule has 0 aromatic heterocycles. The van der Waals surface area contributed by atoms with E-state index in [1.54, 1.807) is 24.3 Å². The van der Waals surface area contributed by atoms with Crippen LogP contribution in [0.5, 0.6) is 0 Å². The maximum Gasteiger partial charge on any atom is 0.163 e. The lowest BCUT2D eigenvalue weighted by Crippen LogP contribution is -2.01. The summed E-state index contributed by atoms with van der Waals surface area (Å²) in [7, 11) is 0. The highest BCUT2D eigenvalue weighted by Crippen LogP contribution is 2.33. The Kier molecular flexibility index (Phi) is 5.01. The van der Waals surface area contributed by atoms with E-state index < -0.39 is 0 Å². The first kappa shape index (κ1) is 14.4. The molecule has 0 saturated carbocycles. The molecule has 1 rings (SSSR count). The zero-order chi connectivity index (χ0) is 13.7. The Morgan fingerprint density at radius 2 is 1.67 bits per heavy atom. The van der Waals surface area contributed by atoms with Gasteiger partial charge >= 0.3 is 0 Å². The van der Waals surface area contributed by atoms with Crippen LogP contribution in [0.3, 0.4) is 0 Å². The Hall–Kier alpha value is -1.71.